The Morgan fingerprint density at radius 3 is 2.22 bits per heavy atom. The highest BCUT2D eigenvalue weighted by Gasteiger charge is 2.21. The van der Waals surface area contributed by atoms with Crippen molar-refractivity contribution < 1.29 is 4.79 Å². The molecule has 1 N–H and O–H groups in total. The lowest BCUT2D eigenvalue weighted by molar-refractivity contribution is -0.131. The number of nitrogens with zero attached hydrogens (tertiary/aromatic N) is 6. The molecule has 0 radical (unpaired) electrons. The summed E-state index contributed by atoms with van der Waals surface area (Å²) in [5, 5.41) is 3.05. The molecule has 0 spiro atoms. The highest BCUT2D eigenvalue weighted by molar-refractivity contribution is 5.77. The fraction of sp³-hybridized carbons (Fsp3) is 0.400. The Labute approximate surface area is 134 Å². The molecule has 0 bridgehead atoms. The number of rotatable bonds is 5. The van der Waals surface area contributed by atoms with Crippen molar-refractivity contribution in [2.45, 2.75) is 6.42 Å². The van der Waals surface area contributed by atoms with E-state index in [-0.39, 0.29) is 5.91 Å². The first kappa shape index (κ1) is 15.1. The highest BCUT2D eigenvalue weighted by atomic mass is 16.2. The highest BCUT2D eigenvalue weighted by Crippen LogP contribution is 2.10. The van der Waals surface area contributed by atoms with Crippen LogP contribution in [0.4, 0.5) is 11.9 Å². The van der Waals surface area contributed by atoms with Gasteiger partial charge in [-0.15, -0.1) is 0 Å². The molecular weight excluding hydrogens is 294 g/mol. The summed E-state index contributed by atoms with van der Waals surface area (Å²) in [6.45, 7) is 3.43. The molecule has 1 saturated heterocycles. The predicted octanol–water partition coefficient (Wildman–Crippen LogP) is 0.417. The van der Waals surface area contributed by atoms with Gasteiger partial charge in [0.1, 0.15) is 0 Å². The van der Waals surface area contributed by atoms with Gasteiger partial charge in [0, 0.05) is 63.9 Å². The van der Waals surface area contributed by atoms with Gasteiger partial charge in [-0.2, -0.15) is 0 Å². The minimum atomic E-state index is 0.141. The first-order valence-corrected chi connectivity index (χ1v) is 7.63. The van der Waals surface area contributed by atoms with Gasteiger partial charge in [0.25, 0.3) is 0 Å². The second kappa shape index (κ2) is 7.48. The summed E-state index contributed by atoms with van der Waals surface area (Å²) in [4.78, 5) is 32.8. The van der Waals surface area contributed by atoms with E-state index in [0.717, 1.165) is 19.0 Å². The third-order valence-electron chi connectivity index (χ3n) is 3.66. The van der Waals surface area contributed by atoms with E-state index < -0.39 is 0 Å². The number of hydrogen-bond donors (Lipinski definition) is 1. The van der Waals surface area contributed by atoms with Crippen molar-refractivity contribution in [3.8, 4) is 0 Å². The second-order valence-electron chi connectivity index (χ2n) is 5.17. The molecule has 8 nitrogen and oxygen atoms in total. The zero-order valence-corrected chi connectivity index (χ0v) is 12.8. The van der Waals surface area contributed by atoms with Gasteiger partial charge in [0.15, 0.2) is 0 Å². The quantitative estimate of drug-likeness (QED) is 0.856. The van der Waals surface area contributed by atoms with Gasteiger partial charge < -0.3 is 15.1 Å². The lowest BCUT2D eigenvalue weighted by atomic mass is 10.3. The second-order valence-corrected chi connectivity index (χ2v) is 5.17. The number of carbonyl (C=O) groups excluding carboxylic acids is 1. The van der Waals surface area contributed by atoms with Crippen LogP contribution < -0.4 is 10.2 Å². The Hall–Kier alpha value is -2.77. The van der Waals surface area contributed by atoms with Gasteiger partial charge in [-0.1, -0.05) is 0 Å². The lowest BCUT2D eigenvalue weighted by Gasteiger charge is -2.34. The van der Waals surface area contributed by atoms with E-state index in [1.54, 1.807) is 36.9 Å². The molecule has 0 saturated carbocycles. The number of amides is 1. The van der Waals surface area contributed by atoms with Crippen molar-refractivity contribution in [2.24, 2.45) is 0 Å². The van der Waals surface area contributed by atoms with E-state index in [1.165, 1.54) is 0 Å². The van der Waals surface area contributed by atoms with Gasteiger partial charge in [-0.05, 0) is 12.1 Å². The van der Waals surface area contributed by atoms with Gasteiger partial charge in [0.05, 0.1) is 0 Å². The Bertz CT molecular complexity index is 614. The number of aromatic nitrogens is 4. The largest absolute Gasteiger partial charge is 0.354 e. The summed E-state index contributed by atoms with van der Waals surface area (Å²) in [5.74, 6) is 1.41. The molecule has 1 aliphatic rings. The van der Waals surface area contributed by atoms with E-state index in [4.69, 9.17) is 0 Å². The van der Waals surface area contributed by atoms with E-state index in [1.807, 2.05) is 4.90 Å². The maximum absolute atomic E-state index is 12.2. The molecule has 3 heterocycles. The molecule has 0 atom stereocenters. The molecule has 8 heteroatoms. The molecule has 1 amide bonds. The number of carbonyl (C=O) groups is 1. The summed E-state index contributed by atoms with van der Waals surface area (Å²) >= 11 is 0. The Morgan fingerprint density at radius 2 is 1.57 bits per heavy atom. The number of piperazine rings is 1. The van der Waals surface area contributed by atoms with Crippen molar-refractivity contribution in [1.82, 2.24) is 24.8 Å². The van der Waals surface area contributed by atoms with Gasteiger partial charge in [0.2, 0.25) is 17.8 Å². The van der Waals surface area contributed by atoms with E-state index in [9.17, 15) is 4.79 Å². The third kappa shape index (κ3) is 4.12. The minimum absolute atomic E-state index is 0.141. The van der Waals surface area contributed by atoms with Crippen molar-refractivity contribution >= 4 is 17.8 Å². The van der Waals surface area contributed by atoms with Crippen LogP contribution in [-0.2, 0) is 4.79 Å². The first-order chi connectivity index (χ1) is 11.3. The average Bonchev–Trinajstić information content (AvgIpc) is 2.63. The maximum atomic E-state index is 12.2. The van der Waals surface area contributed by atoms with Crippen LogP contribution in [0.25, 0.3) is 0 Å². The molecule has 2 aromatic heterocycles. The van der Waals surface area contributed by atoms with Gasteiger partial charge in [-0.3, -0.25) is 4.79 Å². The molecule has 0 unspecified atom stereocenters. The molecule has 120 valence electrons. The van der Waals surface area contributed by atoms with E-state index >= 15 is 0 Å². The van der Waals surface area contributed by atoms with Crippen LogP contribution in [0.2, 0.25) is 0 Å². The van der Waals surface area contributed by atoms with Gasteiger partial charge >= 0.3 is 0 Å². The molecule has 0 aromatic carbocycles. The van der Waals surface area contributed by atoms with Crippen LogP contribution in [0.15, 0.2) is 36.9 Å². The molecule has 2 aromatic rings. The SMILES string of the molecule is O=C(CCNc1ncccn1)N1CCN(c2ncccn2)CC1. The van der Waals surface area contributed by atoms with E-state index in [0.29, 0.717) is 32.0 Å². The molecule has 0 aliphatic carbocycles. The van der Waals surface area contributed by atoms with Crippen LogP contribution >= 0.6 is 0 Å². The van der Waals surface area contributed by atoms with Crippen LogP contribution in [0.5, 0.6) is 0 Å². The molecule has 1 fully saturated rings. The van der Waals surface area contributed by atoms with E-state index in [2.05, 4.69) is 30.2 Å². The standard InChI is InChI=1S/C15H19N7O/c23-13(3-8-18-14-16-4-1-5-17-14)21-9-11-22(12-10-21)15-19-6-2-7-20-15/h1-2,4-7H,3,8-12H2,(H,16,17,18). The Balaban J connectivity index is 1.41. The van der Waals surface area contributed by atoms with Crippen molar-refractivity contribution in [3.63, 3.8) is 0 Å². The predicted molar refractivity (Wildman–Crippen MR) is 86.0 cm³/mol. The summed E-state index contributed by atoms with van der Waals surface area (Å²) in [6.07, 6.45) is 7.23. The van der Waals surface area contributed by atoms with Crippen LogP contribution in [0.1, 0.15) is 6.42 Å². The minimum Gasteiger partial charge on any atom is -0.354 e. The average molecular weight is 313 g/mol. The summed E-state index contributed by atoms with van der Waals surface area (Å²) < 4.78 is 0. The van der Waals surface area contributed by atoms with Crippen LogP contribution in [0, 0.1) is 0 Å². The fourth-order valence-electron chi connectivity index (χ4n) is 2.44. The lowest BCUT2D eigenvalue weighted by Crippen LogP contribution is -2.49. The summed E-state index contributed by atoms with van der Waals surface area (Å²) in [6, 6.07) is 3.55. The van der Waals surface area contributed by atoms with Crippen molar-refractivity contribution in [1.29, 1.82) is 0 Å². The maximum Gasteiger partial charge on any atom is 0.225 e. The van der Waals surface area contributed by atoms with Crippen LogP contribution in [-0.4, -0.2) is 63.5 Å². The van der Waals surface area contributed by atoms with Crippen molar-refractivity contribution in [3.05, 3.63) is 36.9 Å². The number of hydrogen-bond acceptors (Lipinski definition) is 7. The smallest absolute Gasteiger partial charge is 0.225 e. The molecule has 3 rings (SSSR count). The molecule has 1 aliphatic heterocycles. The number of nitrogens with one attached hydrogen (secondary N) is 1. The van der Waals surface area contributed by atoms with Crippen molar-refractivity contribution in [2.75, 3.05) is 42.9 Å². The molecule has 23 heavy (non-hydrogen) atoms. The van der Waals surface area contributed by atoms with Crippen LogP contribution in [0.3, 0.4) is 0 Å². The molecular formula is C15H19N7O. The Kier molecular flexibility index (Phi) is 4.92. The Morgan fingerprint density at radius 1 is 0.957 bits per heavy atom. The normalized spacial score (nSPS) is 14.6. The fourth-order valence-corrected chi connectivity index (χ4v) is 2.44. The number of anilines is 2. The first-order valence-electron chi connectivity index (χ1n) is 7.63. The summed E-state index contributed by atoms with van der Waals surface area (Å²) in [7, 11) is 0. The summed E-state index contributed by atoms with van der Waals surface area (Å²) in [5.41, 5.74) is 0. The third-order valence-corrected chi connectivity index (χ3v) is 3.66. The van der Waals surface area contributed by atoms with Gasteiger partial charge in [-0.25, -0.2) is 19.9 Å². The zero-order chi connectivity index (χ0) is 15.9. The topological polar surface area (TPSA) is 87.1 Å². The monoisotopic (exact) mass is 313 g/mol. The zero-order valence-electron chi connectivity index (χ0n) is 12.8.